The number of benzene rings is 2. The van der Waals surface area contributed by atoms with Gasteiger partial charge in [-0.25, -0.2) is 0 Å². The summed E-state index contributed by atoms with van der Waals surface area (Å²) in [6, 6.07) is 16.1. The van der Waals surface area contributed by atoms with E-state index in [2.05, 4.69) is 43.3 Å². The molecule has 0 aliphatic heterocycles. The Hall–Kier alpha value is -0.266. The average molecular weight is 298 g/mol. The molecule has 0 unspecified atom stereocenters. The molecule has 0 aromatic heterocycles. The molecule has 0 spiro atoms. The van der Waals surface area contributed by atoms with Gasteiger partial charge >= 0.3 is 21.7 Å². The minimum Gasteiger partial charge on any atom is -1.00 e. The Morgan fingerprint density at radius 3 is 2.47 bits per heavy atom. The third kappa shape index (κ3) is 2.77. The molecule has 0 bridgehead atoms. The number of aryl methyl sites for hydroxylation is 1. The van der Waals surface area contributed by atoms with Gasteiger partial charge in [-0.05, 0) is 17.5 Å². The van der Waals surface area contributed by atoms with E-state index in [1.54, 1.807) is 0 Å². The second-order valence-corrected chi connectivity index (χ2v) is 3.83. The topological polar surface area (TPSA) is 0 Å². The zero-order chi connectivity index (χ0) is 9.54. The molecular formula is C14H11Cl2Ti. The van der Waals surface area contributed by atoms with Gasteiger partial charge in [0, 0.05) is 0 Å². The van der Waals surface area contributed by atoms with Crippen LogP contribution in [-0.2, 0) is 28.1 Å². The van der Waals surface area contributed by atoms with Gasteiger partial charge in [-0.1, -0.05) is 31.2 Å². The molecule has 2 aromatic carbocycles. The van der Waals surface area contributed by atoms with Crippen LogP contribution in [0.15, 0.2) is 36.4 Å². The quantitative estimate of drug-likeness (QED) is 0.315. The number of halogens is 2. The molecular weight excluding hydrogens is 287 g/mol. The molecule has 1 aliphatic rings. The summed E-state index contributed by atoms with van der Waals surface area (Å²) < 4.78 is 0. The Morgan fingerprint density at radius 1 is 1.00 bits per heavy atom. The Morgan fingerprint density at radius 2 is 1.71 bits per heavy atom. The van der Waals surface area contributed by atoms with E-state index in [0.717, 1.165) is 6.42 Å². The van der Waals surface area contributed by atoms with Gasteiger partial charge in [0.05, 0.1) is 0 Å². The van der Waals surface area contributed by atoms with Gasteiger partial charge in [0.1, 0.15) is 0 Å². The molecule has 1 aliphatic carbocycles. The molecule has 0 atom stereocenters. The van der Waals surface area contributed by atoms with Crippen LogP contribution in [0.5, 0.6) is 0 Å². The molecule has 0 saturated carbocycles. The Bertz CT molecular complexity index is 509. The van der Waals surface area contributed by atoms with Crippen LogP contribution in [0.3, 0.4) is 0 Å². The number of hydrogen-bond donors (Lipinski definition) is 0. The number of hydrogen-bond acceptors (Lipinski definition) is 0. The second-order valence-electron chi connectivity index (χ2n) is 3.83. The van der Waals surface area contributed by atoms with Crippen LogP contribution < -0.4 is 24.8 Å². The summed E-state index contributed by atoms with van der Waals surface area (Å²) in [5, 5.41) is 0. The van der Waals surface area contributed by atoms with Crippen molar-refractivity contribution in [1.29, 1.82) is 0 Å². The SMILES string of the molecule is Cc1[c-]ccc2c1Cc1ccccc1-2.[Cl-].[Cl-].[Ti+3]. The largest absolute Gasteiger partial charge is 3.00 e. The smallest absolute Gasteiger partial charge is 1.00 e. The molecule has 2 aromatic rings. The van der Waals surface area contributed by atoms with E-state index in [0.29, 0.717) is 0 Å². The average Bonchev–Trinajstić information content (AvgIpc) is 2.59. The van der Waals surface area contributed by atoms with E-state index < -0.39 is 0 Å². The summed E-state index contributed by atoms with van der Waals surface area (Å²) in [6.07, 6.45) is 1.08. The first-order valence-electron chi connectivity index (χ1n) is 4.95. The van der Waals surface area contributed by atoms with E-state index >= 15 is 0 Å². The van der Waals surface area contributed by atoms with Crippen molar-refractivity contribution in [3.05, 3.63) is 59.2 Å². The first-order valence-corrected chi connectivity index (χ1v) is 4.95. The van der Waals surface area contributed by atoms with Crippen molar-refractivity contribution in [2.45, 2.75) is 13.3 Å². The van der Waals surface area contributed by atoms with Crippen molar-refractivity contribution in [1.82, 2.24) is 0 Å². The van der Waals surface area contributed by atoms with Crippen LogP contribution in [0.1, 0.15) is 16.7 Å². The fourth-order valence-electron chi connectivity index (χ4n) is 2.25. The standard InChI is InChI=1S/C14H11.2ClH.Ti/c1-10-5-4-8-13-12-7-3-2-6-11(12)9-14(10)13;;;/h2-4,6-8H,9H2,1H3;2*1H;/q-1;;;+3/p-2. The summed E-state index contributed by atoms with van der Waals surface area (Å²) in [7, 11) is 0. The van der Waals surface area contributed by atoms with Gasteiger partial charge in [0.2, 0.25) is 0 Å². The van der Waals surface area contributed by atoms with Gasteiger partial charge in [-0.2, -0.15) is 23.8 Å². The molecule has 0 fully saturated rings. The summed E-state index contributed by atoms with van der Waals surface area (Å²) >= 11 is 0. The van der Waals surface area contributed by atoms with Crippen molar-refractivity contribution < 1.29 is 46.5 Å². The summed E-state index contributed by atoms with van der Waals surface area (Å²) in [6.45, 7) is 2.14. The van der Waals surface area contributed by atoms with Gasteiger partial charge in [0.25, 0.3) is 0 Å². The van der Waals surface area contributed by atoms with E-state index in [1.807, 2.05) is 6.07 Å². The van der Waals surface area contributed by atoms with Crippen LogP contribution in [0.4, 0.5) is 0 Å². The minimum atomic E-state index is 0. The third-order valence-corrected chi connectivity index (χ3v) is 3.00. The van der Waals surface area contributed by atoms with Crippen molar-refractivity contribution in [2.75, 3.05) is 0 Å². The fraction of sp³-hybridized carbons (Fsp3) is 0.143. The molecule has 3 heteroatoms. The Kier molecular flexibility index (Phi) is 6.51. The molecule has 0 saturated heterocycles. The van der Waals surface area contributed by atoms with E-state index in [-0.39, 0.29) is 46.5 Å². The molecule has 17 heavy (non-hydrogen) atoms. The van der Waals surface area contributed by atoms with Gasteiger partial charge in [-0.3, -0.25) is 0 Å². The molecule has 3 rings (SSSR count). The van der Waals surface area contributed by atoms with Gasteiger partial charge < -0.3 is 24.8 Å². The summed E-state index contributed by atoms with van der Waals surface area (Å²) in [5.41, 5.74) is 6.99. The third-order valence-electron chi connectivity index (χ3n) is 3.00. The number of rotatable bonds is 0. The summed E-state index contributed by atoms with van der Waals surface area (Å²) in [5.74, 6) is 0. The van der Waals surface area contributed by atoms with Crippen molar-refractivity contribution in [2.24, 2.45) is 0 Å². The molecule has 0 heterocycles. The van der Waals surface area contributed by atoms with Crippen LogP contribution in [-0.4, -0.2) is 0 Å². The molecule has 85 valence electrons. The monoisotopic (exact) mass is 297 g/mol. The predicted molar refractivity (Wildman–Crippen MR) is 58.3 cm³/mol. The normalized spacial score (nSPS) is 10.2. The predicted octanol–water partition coefficient (Wildman–Crippen LogP) is -2.63. The van der Waals surface area contributed by atoms with Gasteiger partial charge in [0.15, 0.2) is 0 Å². The summed E-state index contributed by atoms with van der Waals surface area (Å²) in [4.78, 5) is 0. The minimum absolute atomic E-state index is 0. The molecule has 0 nitrogen and oxygen atoms in total. The zero-order valence-electron chi connectivity index (χ0n) is 9.43. The number of fused-ring (bicyclic) bond motifs is 3. The zero-order valence-corrected chi connectivity index (χ0v) is 12.5. The van der Waals surface area contributed by atoms with Crippen LogP contribution >= 0.6 is 0 Å². The molecule has 0 amide bonds. The van der Waals surface area contributed by atoms with E-state index in [9.17, 15) is 0 Å². The van der Waals surface area contributed by atoms with Crippen LogP contribution in [0.2, 0.25) is 0 Å². The molecule has 0 N–H and O–H groups in total. The Labute approximate surface area is 130 Å². The first kappa shape index (κ1) is 16.7. The first-order chi connectivity index (χ1) is 6.86. The fourth-order valence-corrected chi connectivity index (χ4v) is 2.25. The Balaban J connectivity index is 0.000000853. The van der Waals surface area contributed by atoms with E-state index in [1.165, 1.54) is 27.8 Å². The maximum Gasteiger partial charge on any atom is 3.00 e. The van der Waals surface area contributed by atoms with Crippen LogP contribution in [0.25, 0.3) is 11.1 Å². The van der Waals surface area contributed by atoms with Crippen molar-refractivity contribution in [3.63, 3.8) is 0 Å². The van der Waals surface area contributed by atoms with Gasteiger partial charge in [-0.15, -0.1) is 11.1 Å². The van der Waals surface area contributed by atoms with Crippen molar-refractivity contribution >= 4 is 0 Å². The van der Waals surface area contributed by atoms with E-state index in [4.69, 9.17) is 0 Å². The maximum atomic E-state index is 3.27. The maximum absolute atomic E-state index is 3.27. The van der Waals surface area contributed by atoms with Crippen LogP contribution in [0, 0.1) is 13.0 Å². The van der Waals surface area contributed by atoms with Crippen molar-refractivity contribution in [3.8, 4) is 11.1 Å². The molecule has 1 radical (unpaired) electrons. The second kappa shape index (κ2) is 6.61.